The summed E-state index contributed by atoms with van der Waals surface area (Å²) in [7, 11) is 3.41. The van der Waals surface area contributed by atoms with Crippen LogP contribution in [0, 0.1) is 40.7 Å². The number of halogens is 7. The molecule has 2 aromatic heterocycles. The van der Waals surface area contributed by atoms with E-state index < -0.39 is 64.1 Å². The highest BCUT2D eigenvalue weighted by Gasteiger charge is 2.33. The van der Waals surface area contributed by atoms with Gasteiger partial charge in [0.15, 0.2) is 34.9 Å². The number of isocyanates is 1. The van der Waals surface area contributed by atoms with E-state index in [4.69, 9.17) is 10.5 Å². The number of carbonyl (C=O) groups excluding carboxylic acids is 3. The van der Waals surface area contributed by atoms with Gasteiger partial charge in [0.1, 0.15) is 17.1 Å². The first-order valence-electron chi connectivity index (χ1n) is 22.0. The number of urea groups is 1. The lowest BCUT2D eigenvalue weighted by atomic mass is 9.86. The fraction of sp³-hybridized carbons (Fsp3) is 0.327. The van der Waals surface area contributed by atoms with E-state index in [-0.39, 0.29) is 29.6 Å². The molecule has 4 atom stereocenters. The number of likely N-dealkylation sites (tertiary alicyclic amines) is 1. The molecule has 0 saturated carbocycles. The number of hydrogen-bond donors (Lipinski definition) is 4. The number of benzene rings is 4. The lowest BCUT2D eigenvalue weighted by molar-refractivity contribution is 0.0186. The Hall–Kier alpha value is -7.35. The Kier molecular flexibility index (Phi) is 17.0. The summed E-state index contributed by atoms with van der Waals surface area (Å²) >= 11 is 0. The highest BCUT2D eigenvalue weighted by Crippen LogP contribution is 2.32. The quantitative estimate of drug-likeness (QED) is 0.0697. The Labute approximate surface area is 398 Å². The summed E-state index contributed by atoms with van der Waals surface area (Å²) in [5, 5.41) is 16.5. The van der Waals surface area contributed by atoms with Crippen LogP contribution < -0.4 is 21.7 Å². The van der Waals surface area contributed by atoms with Crippen LogP contribution in [-0.4, -0.2) is 86.5 Å². The number of amides is 3. The summed E-state index contributed by atoms with van der Waals surface area (Å²) in [5.74, 6) is -6.28. The maximum Gasteiger partial charge on any atom is 0.410 e. The largest absolute Gasteiger partial charge is 0.444 e. The number of piperidine rings is 2. The molecule has 0 unspecified atom stereocenters. The van der Waals surface area contributed by atoms with Crippen molar-refractivity contribution in [3.8, 4) is 22.5 Å². The molecule has 2 saturated heterocycles. The number of nitrogens with zero attached hydrogens (tertiary/aromatic N) is 6. The van der Waals surface area contributed by atoms with Crippen molar-refractivity contribution < 1.29 is 49.9 Å². The van der Waals surface area contributed by atoms with Crippen LogP contribution in [0.2, 0.25) is 0 Å². The van der Waals surface area contributed by atoms with Gasteiger partial charge in [0, 0.05) is 81.2 Å². The minimum Gasteiger partial charge on any atom is -0.444 e. The summed E-state index contributed by atoms with van der Waals surface area (Å²) in [6, 6.07) is 16.4. The van der Waals surface area contributed by atoms with Gasteiger partial charge in [-0.3, -0.25) is 9.36 Å². The van der Waals surface area contributed by atoms with Crippen molar-refractivity contribution in [1.29, 1.82) is 0 Å². The molecule has 8 rings (SSSR count). The number of anilines is 1. The molecule has 0 spiro atoms. The lowest BCUT2D eigenvalue weighted by Crippen LogP contribution is -2.51. The number of ether oxygens (including phenoxy) is 1. The molecule has 6 aromatic rings. The molecular weight excluding hydrogens is 926 g/mol. The van der Waals surface area contributed by atoms with E-state index in [2.05, 4.69) is 31.1 Å². The number of hydrogen-bond acceptors (Lipinski definition) is 9. The van der Waals surface area contributed by atoms with Gasteiger partial charge in [-0.15, -0.1) is 0 Å². The first-order valence-corrected chi connectivity index (χ1v) is 22.0. The monoisotopic (exact) mass is 976 g/mol. The number of carbonyl (C=O) groups is 2. The Morgan fingerprint density at radius 1 is 0.743 bits per heavy atom. The van der Waals surface area contributed by atoms with E-state index in [1.165, 1.54) is 35.1 Å². The molecule has 2 aliphatic rings. The predicted molar refractivity (Wildman–Crippen MR) is 247 cm³/mol. The lowest BCUT2D eigenvalue weighted by Gasteiger charge is -2.37. The number of rotatable bonds is 7. The van der Waals surface area contributed by atoms with Gasteiger partial charge in [-0.05, 0) is 112 Å². The van der Waals surface area contributed by atoms with Crippen molar-refractivity contribution in [3.63, 3.8) is 0 Å². The molecule has 5 N–H and O–H groups in total. The third-order valence-corrected chi connectivity index (χ3v) is 11.5. The smallest absolute Gasteiger partial charge is 0.410 e. The van der Waals surface area contributed by atoms with E-state index in [1.54, 1.807) is 74.9 Å². The number of aryl methyl sites for hydroxylation is 2. The number of aromatic nitrogens is 4. The summed E-state index contributed by atoms with van der Waals surface area (Å²) in [6.45, 7) is 7.37. The average Bonchev–Trinajstić information content (AvgIpc) is 3.95. The first kappa shape index (κ1) is 52.0. The van der Waals surface area contributed by atoms with Crippen molar-refractivity contribution in [2.24, 2.45) is 24.8 Å². The fourth-order valence-corrected chi connectivity index (χ4v) is 8.07. The van der Waals surface area contributed by atoms with E-state index in [9.17, 15) is 45.1 Å². The van der Waals surface area contributed by atoms with Crippen LogP contribution in [-0.2, 0) is 23.6 Å². The molecule has 14 nitrogen and oxygen atoms in total. The van der Waals surface area contributed by atoms with Crippen LogP contribution in [0.15, 0.2) is 96.2 Å². The summed E-state index contributed by atoms with van der Waals surface area (Å²) in [4.78, 5) is 39.1. The van der Waals surface area contributed by atoms with Gasteiger partial charge in [0.2, 0.25) is 6.08 Å². The van der Waals surface area contributed by atoms with Crippen LogP contribution in [0.3, 0.4) is 0 Å². The van der Waals surface area contributed by atoms with Crippen LogP contribution in [0.25, 0.3) is 22.5 Å². The maximum absolute atomic E-state index is 14.6. The molecule has 21 heteroatoms. The minimum atomic E-state index is -0.921. The van der Waals surface area contributed by atoms with Gasteiger partial charge < -0.3 is 31.3 Å². The molecule has 0 radical (unpaired) electrons. The van der Waals surface area contributed by atoms with Crippen LogP contribution in [0.5, 0.6) is 0 Å². The molecule has 4 aromatic carbocycles. The zero-order valence-corrected chi connectivity index (χ0v) is 38.8. The van der Waals surface area contributed by atoms with Gasteiger partial charge in [0.25, 0.3) is 0 Å². The number of nitrogens with one attached hydrogen (secondary N) is 3. The van der Waals surface area contributed by atoms with Crippen molar-refractivity contribution >= 4 is 29.6 Å². The molecule has 2 aliphatic heterocycles. The van der Waals surface area contributed by atoms with E-state index in [0.717, 1.165) is 42.1 Å². The molecule has 70 heavy (non-hydrogen) atoms. The van der Waals surface area contributed by atoms with Gasteiger partial charge in [-0.25, -0.2) is 45.1 Å². The Balaban J connectivity index is 0.000000181. The first-order chi connectivity index (χ1) is 33.2. The van der Waals surface area contributed by atoms with E-state index in [1.807, 2.05) is 0 Å². The molecule has 2 fully saturated rings. The Morgan fingerprint density at radius 3 is 1.83 bits per heavy atom. The summed E-state index contributed by atoms with van der Waals surface area (Å²) in [6.07, 6.45) is 5.08. The highest BCUT2D eigenvalue weighted by atomic mass is 19.2. The van der Waals surface area contributed by atoms with Gasteiger partial charge in [-0.2, -0.15) is 15.2 Å². The Morgan fingerprint density at radius 2 is 1.31 bits per heavy atom. The molecule has 3 amide bonds. The fourth-order valence-electron chi connectivity index (χ4n) is 8.07. The van der Waals surface area contributed by atoms with E-state index >= 15 is 0 Å². The normalized spacial score (nSPS) is 17.8. The predicted octanol–water partition coefficient (Wildman–Crippen LogP) is 9.12. The van der Waals surface area contributed by atoms with Crippen molar-refractivity contribution in [1.82, 2.24) is 35.1 Å². The van der Waals surface area contributed by atoms with Crippen molar-refractivity contribution in [3.05, 3.63) is 143 Å². The van der Waals surface area contributed by atoms with Gasteiger partial charge in [-0.1, -0.05) is 18.2 Å². The summed E-state index contributed by atoms with van der Waals surface area (Å²) in [5.41, 5.74) is 8.51. The van der Waals surface area contributed by atoms with Crippen molar-refractivity contribution in [2.75, 3.05) is 31.5 Å². The summed E-state index contributed by atoms with van der Waals surface area (Å²) < 4.78 is 103. The van der Waals surface area contributed by atoms with Crippen molar-refractivity contribution in [2.45, 2.75) is 63.1 Å². The Bertz CT molecular complexity index is 2840. The standard InChI is InChI=1S/C22H22F3N5O.C16H22F2N2O2.C11H7F2N3O/c1-30-21(7-9-27-30)14-3-5-19(18(25)11-14)28-22(31)29-20-12-26-8-6-15(20)13-2-4-16(23)17(24)10-13;1-16(2,3)22-15(21)20-7-6-11(14(19)9-20)10-4-5-12(17)13(18)8-10;1-16-10(2-3-15-16)7-4-8(12)11(14-6-17)9(13)5-7/h2-5,7,9-11,15,20,26H,6,8,12H2,1H3,(H2,28,29,31);4-5,8,11,14H,6-7,9,19H2,1-3H3;2-5H,1H3/t15-,20+;11-,14+;/m00./s1. The van der Waals surface area contributed by atoms with Gasteiger partial charge in [0.05, 0.1) is 17.1 Å². The third-order valence-electron chi connectivity index (χ3n) is 11.5. The second kappa shape index (κ2) is 22.8. The molecule has 0 aliphatic carbocycles. The second-order valence-corrected chi connectivity index (χ2v) is 17.5. The number of nitrogens with two attached hydrogens (primary N) is 1. The molecule has 370 valence electrons. The molecule has 4 heterocycles. The molecular formula is C49H51F7N10O4. The number of aliphatic imine (C=N–C) groups is 1. The van der Waals surface area contributed by atoms with Crippen LogP contribution >= 0.6 is 0 Å². The maximum atomic E-state index is 14.6. The van der Waals surface area contributed by atoms with E-state index in [0.29, 0.717) is 67.0 Å². The SMILES string of the molecule is CC(C)(C)OC(=O)N1CC[C@@H](c2ccc(F)c(F)c2)[C@H](N)C1.Cn1nccc1-c1cc(F)c(N=C=O)c(F)c1.Cn1nccc1-c1ccc(NC(=O)N[C@@H]2CNCC[C@H]2c2ccc(F)c(F)c2)c(F)c1. The third kappa shape index (κ3) is 13.2. The second-order valence-electron chi connectivity index (χ2n) is 17.5. The highest BCUT2D eigenvalue weighted by molar-refractivity contribution is 5.90. The van der Waals surface area contributed by atoms with Gasteiger partial charge >= 0.3 is 12.1 Å². The zero-order chi connectivity index (χ0) is 50.9. The van der Waals surface area contributed by atoms with Crippen LogP contribution in [0.1, 0.15) is 56.6 Å². The minimum absolute atomic E-state index is 0.0385. The topological polar surface area (TPSA) is 174 Å². The average molecular weight is 977 g/mol. The van der Waals surface area contributed by atoms with Crippen LogP contribution in [0.4, 0.5) is 51.7 Å². The molecule has 0 bridgehead atoms. The zero-order valence-electron chi connectivity index (χ0n) is 38.8.